The predicted molar refractivity (Wildman–Crippen MR) is 113 cm³/mol. The summed E-state index contributed by atoms with van der Waals surface area (Å²) in [6, 6.07) is 3.74. The predicted octanol–water partition coefficient (Wildman–Crippen LogP) is 2.67. The van der Waals surface area contributed by atoms with Crippen LogP contribution in [-0.2, 0) is 9.53 Å². The van der Waals surface area contributed by atoms with E-state index in [0.29, 0.717) is 50.7 Å². The molecule has 1 atom stereocenters. The first kappa shape index (κ1) is 23.4. The molecule has 152 valence electrons. The van der Waals surface area contributed by atoms with Gasteiger partial charge in [0, 0.05) is 45.2 Å². The van der Waals surface area contributed by atoms with E-state index >= 15 is 0 Å². The molecule has 1 fully saturated rings. The zero-order valence-corrected chi connectivity index (χ0v) is 18.0. The Morgan fingerprint density at radius 1 is 1.41 bits per heavy atom. The van der Waals surface area contributed by atoms with Crippen molar-refractivity contribution >= 4 is 41.6 Å². The van der Waals surface area contributed by atoms with Crippen molar-refractivity contribution in [2.45, 2.75) is 32.2 Å². The molecule has 0 radical (unpaired) electrons. The molecule has 1 unspecified atom stereocenters. The summed E-state index contributed by atoms with van der Waals surface area (Å²) in [5.41, 5.74) is 0.410. The fourth-order valence-corrected chi connectivity index (χ4v) is 2.90. The van der Waals surface area contributed by atoms with Crippen molar-refractivity contribution in [3.05, 3.63) is 29.8 Å². The number of hydrogen-bond donors (Lipinski definition) is 2. The van der Waals surface area contributed by atoms with Gasteiger partial charge in [-0.1, -0.05) is 0 Å². The van der Waals surface area contributed by atoms with Crippen LogP contribution < -0.4 is 15.5 Å². The Bertz CT molecular complexity index is 646. The minimum atomic E-state index is -0.576. The van der Waals surface area contributed by atoms with Crippen LogP contribution >= 0.6 is 24.0 Å². The highest BCUT2D eigenvalue weighted by Crippen LogP contribution is 2.24. The second-order valence-electron chi connectivity index (χ2n) is 6.08. The molecule has 1 aliphatic heterocycles. The number of benzene rings is 1. The van der Waals surface area contributed by atoms with Crippen molar-refractivity contribution in [2.24, 2.45) is 4.99 Å². The first-order valence-electron chi connectivity index (χ1n) is 8.86. The van der Waals surface area contributed by atoms with E-state index in [1.807, 2.05) is 4.90 Å². The molecule has 0 spiro atoms. The Hall–Kier alpha value is -1.65. The van der Waals surface area contributed by atoms with Crippen LogP contribution in [0.25, 0.3) is 0 Å². The van der Waals surface area contributed by atoms with Gasteiger partial charge in [0.2, 0.25) is 0 Å². The van der Waals surface area contributed by atoms with E-state index in [1.54, 1.807) is 14.0 Å². The number of esters is 1. The zero-order valence-electron chi connectivity index (χ0n) is 15.6. The number of rotatable bonds is 7. The minimum Gasteiger partial charge on any atom is -0.466 e. The SMILES string of the molecule is CCOC(=O)CCCNC(=NC)NC1CCN(c2ccc(F)cc2F)C1.I. The van der Waals surface area contributed by atoms with E-state index in [4.69, 9.17) is 4.74 Å². The third-order valence-electron chi connectivity index (χ3n) is 4.16. The van der Waals surface area contributed by atoms with E-state index < -0.39 is 11.6 Å². The average Bonchev–Trinajstić information content (AvgIpc) is 3.06. The summed E-state index contributed by atoms with van der Waals surface area (Å²) < 4.78 is 31.8. The molecule has 0 aliphatic carbocycles. The highest BCUT2D eigenvalue weighted by Gasteiger charge is 2.25. The fourth-order valence-electron chi connectivity index (χ4n) is 2.90. The molecule has 9 heteroatoms. The van der Waals surface area contributed by atoms with Crippen LogP contribution in [0.5, 0.6) is 0 Å². The molecule has 0 aromatic heterocycles. The number of carbonyl (C=O) groups is 1. The molecular weight excluding hydrogens is 469 g/mol. The van der Waals surface area contributed by atoms with E-state index in [2.05, 4.69) is 15.6 Å². The van der Waals surface area contributed by atoms with Crippen molar-refractivity contribution in [3.8, 4) is 0 Å². The lowest BCUT2D eigenvalue weighted by atomic mass is 10.2. The Labute approximate surface area is 175 Å². The number of nitrogens with one attached hydrogen (secondary N) is 2. The van der Waals surface area contributed by atoms with Crippen LogP contribution in [0.15, 0.2) is 23.2 Å². The Morgan fingerprint density at radius 2 is 2.19 bits per heavy atom. The highest BCUT2D eigenvalue weighted by molar-refractivity contribution is 14.0. The van der Waals surface area contributed by atoms with Gasteiger partial charge in [0.1, 0.15) is 11.6 Å². The standard InChI is InChI=1S/C18H26F2N4O2.HI/c1-3-26-17(25)5-4-9-22-18(21-2)23-14-8-10-24(12-14)16-7-6-13(19)11-15(16)20;/h6-7,11,14H,3-5,8-10,12H2,1-2H3,(H2,21,22,23);1H. The van der Waals surface area contributed by atoms with E-state index in [9.17, 15) is 13.6 Å². The van der Waals surface area contributed by atoms with Crippen molar-refractivity contribution in [2.75, 3.05) is 38.2 Å². The summed E-state index contributed by atoms with van der Waals surface area (Å²) in [5, 5.41) is 6.45. The number of guanidine groups is 1. The molecule has 1 saturated heterocycles. The van der Waals surface area contributed by atoms with Gasteiger partial charge in [0.05, 0.1) is 12.3 Å². The van der Waals surface area contributed by atoms with Crippen molar-refractivity contribution < 1.29 is 18.3 Å². The first-order chi connectivity index (χ1) is 12.5. The van der Waals surface area contributed by atoms with Crippen LogP contribution in [0, 0.1) is 11.6 Å². The van der Waals surface area contributed by atoms with Gasteiger partial charge < -0.3 is 20.3 Å². The molecule has 6 nitrogen and oxygen atoms in total. The summed E-state index contributed by atoms with van der Waals surface area (Å²) in [4.78, 5) is 17.4. The molecule has 1 aromatic carbocycles. The quantitative estimate of drug-likeness (QED) is 0.200. The lowest BCUT2D eigenvalue weighted by molar-refractivity contribution is -0.143. The Morgan fingerprint density at radius 3 is 2.85 bits per heavy atom. The van der Waals surface area contributed by atoms with E-state index in [0.717, 1.165) is 12.5 Å². The van der Waals surface area contributed by atoms with Gasteiger partial charge in [-0.25, -0.2) is 8.78 Å². The monoisotopic (exact) mass is 496 g/mol. The van der Waals surface area contributed by atoms with Gasteiger partial charge in [-0.3, -0.25) is 9.79 Å². The van der Waals surface area contributed by atoms with Crippen LogP contribution in [0.2, 0.25) is 0 Å². The van der Waals surface area contributed by atoms with Gasteiger partial charge in [-0.2, -0.15) is 0 Å². The van der Waals surface area contributed by atoms with Gasteiger partial charge in [-0.05, 0) is 31.9 Å². The van der Waals surface area contributed by atoms with Crippen LogP contribution in [0.1, 0.15) is 26.2 Å². The lowest BCUT2D eigenvalue weighted by Crippen LogP contribution is -2.45. The van der Waals surface area contributed by atoms with Crippen LogP contribution in [0.4, 0.5) is 14.5 Å². The van der Waals surface area contributed by atoms with E-state index in [-0.39, 0.29) is 36.0 Å². The normalized spacial score (nSPS) is 16.7. The third kappa shape index (κ3) is 7.47. The molecule has 1 heterocycles. The summed E-state index contributed by atoms with van der Waals surface area (Å²) >= 11 is 0. The lowest BCUT2D eigenvalue weighted by Gasteiger charge is -2.21. The summed E-state index contributed by atoms with van der Waals surface area (Å²) in [7, 11) is 1.67. The zero-order chi connectivity index (χ0) is 18.9. The number of halogens is 3. The third-order valence-corrected chi connectivity index (χ3v) is 4.16. The maximum absolute atomic E-state index is 13.9. The van der Waals surface area contributed by atoms with Gasteiger partial charge in [-0.15, -0.1) is 24.0 Å². The minimum absolute atomic E-state index is 0. The maximum atomic E-state index is 13.9. The van der Waals surface area contributed by atoms with Crippen molar-refractivity contribution in [1.82, 2.24) is 10.6 Å². The van der Waals surface area contributed by atoms with Crippen LogP contribution in [0.3, 0.4) is 0 Å². The second-order valence-corrected chi connectivity index (χ2v) is 6.08. The molecule has 1 aromatic rings. The fraction of sp³-hybridized carbons (Fsp3) is 0.556. The van der Waals surface area contributed by atoms with Gasteiger partial charge in [0.25, 0.3) is 0 Å². The summed E-state index contributed by atoms with van der Waals surface area (Å²) in [5.74, 6) is -0.690. The molecule has 0 bridgehead atoms. The molecule has 0 saturated carbocycles. The molecule has 2 rings (SSSR count). The average molecular weight is 496 g/mol. The van der Waals surface area contributed by atoms with Crippen molar-refractivity contribution in [3.63, 3.8) is 0 Å². The van der Waals surface area contributed by atoms with Gasteiger partial charge >= 0.3 is 5.97 Å². The Balaban J connectivity index is 0.00000364. The molecule has 2 N–H and O–H groups in total. The van der Waals surface area contributed by atoms with E-state index in [1.165, 1.54) is 12.1 Å². The first-order valence-corrected chi connectivity index (χ1v) is 8.86. The van der Waals surface area contributed by atoms with Gasteiger partial charge in [0.15, 0.2) is 5.96 Å². The highest BCUT2D eigenvalue weighted by atomic mass is 127. The molecule has 0 amide bonds. The number of anilines is 1. The number of hydrogen-bond acceptors (Lipinski definition) is 4. The largest absolute Gasteiger partial charge is 0.466 e. The Kier molecular flexibility index (Phi) is 10.3. The van der Waals surface area contributed by atoms with Crippen LogP contribution in [-0.4, -0.2) is 51.3 Å². The number of ether oxygens (including phenoxy) is 1. The molecule has 1 aliphatic rings. The number of nitrogens with zero attached hydrogens (tertiary/aromatic N) is 2. The van der Waals surface area contributed by atoms with Crippen molar-refractivity contribution in [1.29, 1.82) is 0 Å². The molecule has 27 heavy (non-hydrogen) atoms. The summed E-state index contributed by atoms with van der Waals surface area (Å²) in [6.45, 7) is 4.06. The second kappa shape index (κ2) is 11.9. The number of carbonyl (C=O) groups excluding carboxylic acids is 1. The maximum Gasteiger partial charge on any atom is 0.305 e. The molecular formula is C18H27F2IN4O2. The number of aliphatic imine (C=N–C) groups is 1. The smallest absolute Gasteiger partial charge is 0.305 e. The topological polar surface area (TPSA) is 66.0 Å². The summed E-state index contributed by atoms with van der Waals surface area (Å²) in [6.07, 6.45) is 1.83.